The first-order valence-electron chi connectivity index (χ1n) is 6.30. The minimum atomic E-state index is -0.199. The molecule has 2 N–H and O–H groups in total. The molecule has 0 saturated heterocycles. The van der Waals surface area contributed by atoms with Crippen LogP contribution in [0.4, 0.5) is 0 Å². The molecule has 0 bridgehead atoms. The van der Waals surface area contributed by atoms with E-state index in [0.717, 1.165) is 0 Å². The fourth-order valence-corrected chi connectivity index (χ4v) is 2.50. The van der Waals surface area contributed by atoms with Gasteiger partial charge in [0.15, 0.2) is 0 Å². The van der Waals surface area contributed by atoms with Gasteiger partial charge in [-0.05, 0) is 31.2 Å². The van der Waals surface area contributed by atoms with Gasteiger partial charge in [-0.2, -0.15) is 0 Å². The predicted octanol–water partition coefficient (Wildman–Crippen LogP) is 2.26. The van der Waals surface area contributed by atoms with Crippen molar-refractivity contribution in [1.82, 2.24) is 15.6 Å². The highest BCUT2D eigenvalue weighted by Crippen LogP contribution is 2.11. The molecule has 5 nitrogen and oxygen atoms in total. The molecule has 2 aromatic rings. The Kier molecular flexibility index (Phi) is 5.30. The summed E-state index contributed by atoms with van der Waals surface area (Å²) in [6.07, 6.45) is 0. The fraction of sp³-hybridized carbons (Fsp3) is 0.214. The van der Waals surface area contributed by atoms with E-state index in [0.29, 0.717) is 34.2 Å². The van der Waals surface area contributed by atoms with E-state index in [-0.39, 0.29) is 11.8 Å². The second-order valence-electron chi connectivity index (χ2n) is 4.29. The summed E-state index contributed by atoms with van der Waals surface area (Å²) in [4.78, 5) is 28.2. The van der Waals surface area contributed by atoms with Crippen LogP contribution >= 0.6 is 22.9 Å². The van der Waals surface area contributed by atoms with Crippen LogP contribution in [0.1, 0.15) is 25.7 Å². The van der Waals surface area contributed by atoms with Crippen molar-refractivity contribution in [3.63, 3.8) is 0 Å². The molecule has 0 aliphatic carbocycles. The predicted molar refractivity (Wildman–Crippen MR) is 83.0 cm³/mol. The lowest BCUT2D eigenvalue weighted by Gasteiger charge is -2.06. The number of hydrogen-bond acceptors (Lipinski definition) is 4. The molecule has 2 amide bonds. The summed E-state index contributed by atoms with van der Waals surface area (Å²) >= 11 is 7.05. The molecule has 0 aliphatic heterocycles. The monoisotopic (exact) mass is 323 g/mol. The molecule has 110 valence electrons. The molecule has 0 aliphatic rings. The van der Waals surface area contributed by atoms with Gasteiger partial charge in [0.05, 0.1) is 11.2 Å². The third kappa shape index (κ3) is 4.27. The van der Waals surface area contributed by atoms with Gasteiger partial charge in [0, 0.05) is 23.7 Å². The maximum Gasteiger partial charge on any atom is 0.263 e. The minimum absolute atomic E-state index is 0.171. The summed E-state index contributed by atoms with van der Waals surface area (Å²) in [6.45, 7) is 2.49. The zero-order chi connectivity index (χ0) is 15.2. The Hall–Kier alpha value is -1.92. The first-order valence-corrected chi connectivity index (χ1v) is 7.55. The molecule has 0 unspecified atom stereocenters. The molecule has 2 rings (SSSR count). The number of halogens is 1. The van der Waals surface area contributed by atoms with Crippen LogP contribution in [0.2, 0.25) is 5.02 Å². The van der Waals surface area contributed by atoms with Crippen molar-refractivity contribution in [3.8, 4) is 0 Å². The van der Waals surface area contributed by atoms with Crippen molar-refractivity contribution in [1.29, 1.82) is 0 Å². The lowest BCUT2D eigenvalue weighted by atomic mass is 10.2. The summed E-state index contributed by atoms with van der Waals surface area (Å²) in [5, 5.41) is 6.04. The number of nitrogens with one attached hydrogen (secondary N) is 2. The summed E-state index contributed by atoms with van der Waals surface area (Å²) < 4.78 is 0. The first-order chi connectivity index (χ1) is 10.1. The Balaban J connectivity index is 1.75. The average Bonchev–Trinajstić information content (AvgIpc) is 2.90. The van der Waals surface area contributed by atoms with Crippen molar-refractivity contribution in [2.45, 2.75) is 6.92 Å². The number of nitrogens with zero attached hydrogens (tertiary/aromatic N) is 1. The molecule has 1 heterocycles. The number of benzene rings is 1. The Morgan fingerprint density at radius 1 is 1.14 bits per heavy atom. The van der Waals surface area contributed by atoms with E-state index in [1.165, 1.54) is 11.3 Å². The summed E-state index contributed by atoms with van der Waals surface area (Å²) in [5.41, 5.74) is 2.87. The smallest absolute Gasteiger partial charge is 0.263 e. The van der Waals surface area contributed by atoms with Crippen LogP contribution in [0.5, 0.6) is 0 Å². The first kappa shape index (κ1) is 15.5. The highest BCUT2D eigenvalue weighted by molar-refractivity contribution is 7.11. The lowest BCUT2D eigenvalue weighted by Crippen LogP contribution is -2.34. The van der Waals surface area contributed by atoms with Crippen molar-refractivity contribution in [2.24, 2.45) is 0 Å². The zero-order valence-corrected chi connectivity index (χ0v) is 12.9. The highest BCUT2D eigenvalue weighted by atomic mass is 35.5. The third-order valence-electron chi connectivity index (χ3n) is 2.75. The van der Waals surface area contributed by atoms with Crippen LogP contribution in [-0.4, -0.2) is 29.9 Å². The van der Waals surface area contributed by atoms with Gasteiger partial charge in [-0.1, -0.05) is 11.6 Å². The van der Waals surface area contributed by atoms with Gasteiger partial charge in [-0.25, -0.2) is 4.98 Å². The number of rotatable bonds is 5. The van der Waals surface area contributed by atoms with Crippen LogP contribution < -0.4 is 10.6 Å². The van der Waals surface area contributed by atoms with Crippen LogP contribution in [0.3, 0.4) is 0 Å². The minimum Gasteiger partial charge on any atom is -0.350 e. The maximum absolute atomic E-state index is 11.8. The molecular weight excluding hydrogens is 310 g/mol. The van der Waals surface area contributed by atoms with E-state index in [4.69, 9.17) is 11.6 Å². The van der Waals surface area contributed by atoms with E-state index >= 15 is 0 Å². The SMILES string of the molecule is Cc1ncsc1C(=O)NCCNC(=O)c1ccc(Cl)cc1. The largest absolute Gasteiger partial charge is 0.350 e. The average molecular weight is 324 g/mol. The van der Waals surface area contributed by atoms with Crippen LogP contribution in [0.25, 0.3) is 0 Å². The van der Waals surface area contributed by atoms with Crippen LogP contribution in [0.15, 0.2) is 29.8 Å². The van der Waals surface area contributed by atoms with Crippen LogP contribution in [-0.2, 0) is 0 Å². The van der Waals surface area contributed by atoms with Crippen molar-refractivity contribution >= 4 is 34.8 Å². The van der Waals surface area contributed by atoms with E-state index < -0.39 is 0 Å². The van der Waals surface area contributed by atoms with Gasteiger partial charge >= 0.3 is 0 Å². The number of carbonyl (C=O) groups is 2. The zero-order valence-electron chi connectivity index (χ0n) is 11.4. The molecule has 0 fully saturated rings. The number of carbonyl (C=O) groups excluding carboxylic acids is 2. The Labute approximate surface area is 131 Å². The van der Waals surface area contributed by atoms with E-state index in [1.807, 2.05) is 0 Å². The van der Waals surface area contributed by atoms with Crippen molar-refractivity contribution in [2.75, 3.05) is 13.1 Å². The topological polar surface area (TPSA) is 71.1 Å². The number of aryl methyl sites for hydroxylation is 1. The number of thiazole rings is 1. The highest BCUT2D eigenvalue weighted by Gasteiger charge is 2.11. The van der Waals surface area contributed by atoms with E-state index in [2.05, 4.69) is 15.6 Å². The molecule has 0 radical (unpaired) electrons. The summed E-state index contributed by atoms with van der Waals surface area (Å²) in [5.74, 6) is -0.370. The molecule has 0 atom stereocenters. The molecular formula is C14H14ClN3O2S. The van der Waals surface area contributed by atoms with Gasteiger partial charge in [-0.3, -0.25) is 9.59 Å². The Morgan fingerprint density at radius 2 is 1.76 bits per heavy atom. The van der Waals surface area contributed by atoms with Gasteiger partial charge < -0.3 is 10.6 Å². The van der Waals surface area contributed by atoms with E-state index in [9.17, 15) is 9.59 Å². The standard InChI is InChI=1S/C14H14ClN3O2S/c1-9-12(21-8-18-9)14(20)17-7-6-16-13(19)10-2-4-11(15)5-3-10/h2-5,8H,6-7H2,1H3,(H,16,19)(H,17,20). The molecule has 1 aromatic heterocycles. The third-order valence-corrected chi connectivity index (χ3v) is 3.93. The van der Waals surface area contributed by atoms with Crippen molar-refractivity contribution in [3.05, 3.63) is 50.9 Å². The number of hydrogen-bond donors (Lipinski definition) is 2. The number of aromatic nitrogens is 1. The van der Waals surface area contributed by atoms with Gasteiger partial charge in [0.1, 0.15) is 4.88 Å². The summed E-state index contributed by atoms with van der Waals surface area (Å²) in [6, 6.07) is 6.61. The quantitative estimate of drug-likeness (QED) is 0.829. The van der Waals surface area contributed by atoms with Crippen molar-refractivity contribution < 1.29 is 9.59 Å². The van der Waals surface area contributed by atoms with Gasteiger partial charge in [0.2, 0.25) is 0 Å². The number of amides is 2. The molecule has 0 saturated carbocycles. The molecule has 0 spiro atoms. The normalized spacial score (nSPS) is 10.2. The molecule has 7 heteroatoms. The fourth-order valence-electron chi connectivity index (χ4n) is 1.66. The Bertz CT molecular complexity index is 640. The molecule has 1 aromatic carbocycles. The Morgan fingerprint density at radius 3 is 2.33 bits per heavy atom. The second kappa shape index (κ2) is 7.19. The van der Waals surface area contributed by atoms with Gasteiger partial charge in [0.25, 0.3) is 11.8 Å². The molecule has 21 heavy (non-hydrogen) atoms. The van der Waals surface area contributed by atoms with Crippen LogP contribution in [0, 0.1) is 6.92 Å². The van der Waals surface area contributed by atoms with Gasteiger partial charge in [-0.15, -0.1) is 11.3 Å². The summed E-state index contributed by atoms with van der Waals surface area (Å²) in [7, 11) is 0. The van der Waals surface area contributed by atoms with E-state index in [1.54, 1.807) is 36.7 Å². The lowest BCUT2D eigenvalue weighted by molar-refractivity contribution is 0.0929. The maximum atomic E-state index is 11.8. The second-order valence-corrected chi connectivity index (χ2v) is 5.58.